The second kappa shape index (κ2) is 3.42. The van der Waals surface area contributed by atoms with Crippen LogP contribution in [0.5, 0.6) is 0 Å². The van der Waals surface area contributed by atoms with E-state index in [1.807, 2.05) is 12.1 Å². The van der Waals surface area contributed by atoms with Gasteiger partial charge >= 0.3 is 0 Å². The molecule has 0 N–H and O–H groups in total. The molecule has 0 spiro atoms. The molecule has 1 aliphatic rings. The zero-order valence-electron chi connectivity index (χ0n) is 8.64. The van der Waals surface area contributed by atoms with Gasteiger partial charge < -0.3 is 0 Å². The minimum Gasteiger partial charge on any atom is -0.236 e. The van der Waals surface area contributed by atoms with Gasteiger partial charge in [-0.05, 0) is 18.4 Å². The van der Waals surface area contributed by atoms with Gasteiger partial charge in [-0.25, -0.2) is 9.97 Å². The molecule has 0 atom stereocenters. The Bertz CT molecular complexity index is 596. The van der Waals surface area contributed by atoms with Gasteiger partial charge in [0.25, 0.3) is 0 Å². The quantitative estimate of drug-likeness (QED) is 0.664. The fourth-order valence-corrected chi connectivity index (χ4v) is 2.21. The van der Waals surface area contributed by atoms with E-state index >= 15 is 0 Å². The first-order valence-corrected chi connectivity index (χ1v) is 5.22. The Kier molecular flexibility index (Phi) is 1.94. The molecule has 3 heteroatoms. The average Bonchev–Trinajstić information content (AvgIpc) is 2.37. The lowest BCUT2D eigenvalue weighted by Crippen LogP contribution is -2.08. The lowest BCUT2D eigenvalue weighted by atomic mass is 9.88. The molecule has 0 saturated carbocycles. The number of fused-ring (bicyclic) bond motifs is 3. The Morgan fingerprint density at radius 3 is 2.88 bits per heavy atom. The number of aromatic nitrogens is 2. The first-order chi connectivity index (χ1) is 7.90. The third-order valence-corrected chi connectivity index (χ3v) is 2.97. The van der Waals surface area contributed by atoms with E-state index in [1.54, 1.807) is 0 Å². The van der Waals surface area contributed by atoms with Crippen molar-refractivity contribution in [2.45, 2.75) is 12.8 Å². The molecule has 3 nitrogen and oxygen atoms in total. The Morgan fingerprint density at radius 1 is 1.12 bits per heavy atom. The maximum absolute atomic E-state index is 9.00. The van der Waals surface area contributed by atoms with Gasteiger partial charge in [0.05, 0.1) is 5.69 Å². The van der Waals surface area contributed by atoms with E-state index in [0.29, 0.717) is 5.69 Å². The Labute approximate surface area is 93.4 Å². The molecule has 1 aliphatic carbocycles. The van der Waals surface area contributed by atoms with Crippen LogP contribution < -0.4 is 0 Å². The monoisotopic (exact) mass is 207 g/mol. The molecule has 16 heavy (non-hydrogen) atoms. The smallest absolute Gasteiger partial charge is 0.147 e. The van der Waals surface area contributed by atoms with E-state index in [4.69, 9.17) is 5.26 Å². The molecule has 0 unspecified atom stereocenters. The van der Waals surface area contributed by atoms with Crippen LogP contribution in [0.25, 0.3) is 11.3 Å². The molecule has 1 aromatic heterocycles. The number of aryl methyl sites for hydroxylation is 1. The van der Waals surface area contributed by atoms with Crippen LogP contribution in [0.2, 0.25) is 0 Å². The van der Waals surface area contributed by atoms with Gasteiger partial charge in [-0.15, -0.1) is 0 Å². The fourth-order valence-electron chi connectivity index (χ4n) is 2.21. The molecule has 0 bridgehead atoms. The highest BCUT2D eigenvalue weighted by Crippen LogP contribution is 2.32. The van der Waals surface area contributed by atoms with Crippen LogP contribution in [-0.2, 0) is 12.8 Å². The summed E-state index contributed by atoms with van der Waals surface area (Å²) in [5, 5.41) is 9.00. The van der Waals surface area contributed by atoms with Crippen LogP contribution in [0, 0.1) is 11.3 Å². The normalized spacial score (nSPS) is 12.4. The van der Waals surface area contributed by atoms with E-state index in [0.717, 1.165) is 29.7 Å². The van der Waals surface area contributed by atoms with Gasteiger partial charge in [0.1, 0.15) is 18.1 Å². The number of rotatable bonds is 0. The Morgan fingerprint density at radius 2 is 2.00 bits per heavy atom. The van der Waals surface area contributed by atoms with Crippen molar-refractivity contribution in [3.8, 4) is 17.3 Å². The van der Waals surface area contributed by atoms with Crippen LogP contribution in [0.15, 0.2) is 30.6 Å². The SMILES string of the molecule is N#Cc1ncnc2c1CCc1ccccc1-2. The molecular weight excluding hydrogens is 198 g/mol. The summed E-state index contributed by atoms with van der Waals surface area (Å²) < 4.78 is 0. The third kappa shape index (κ3) is 1.20. The Balaban J connectivity index is 2.30. The van der Waals surface area contributed by atoms with Crippen LogP contribution in [0.1, 0.15) is 16.8 Å². The van der Waals surface area contributed by atoms with Crippen molar-refractivity contribution >= 4 is 0 Å². The molecule has 1 heterocycles. The molecule has 0 amide bonds. The van der Waals surface area contributed by atoms with Crippen molar-refractivity contribution in [3.63, 3.8) is 0 Å². The first-order valence-electron chi connectivity index (χ1n) is 5.22. The number of hydrogen-bond donors (Lipinski definition) is 0. The maximum Gasteiger partial charge on any atom is 0.147 e. The van der Waals surface area contributed by atoms with Gasteiger partial charge in [0.15, 0.2) is 0 Å². The van der Waals surface area contributed by atoms with E-state index < -0.39 is 0 Å². The van der Waals surface area contributed by atoms with Gasteiger partial charge in [0, 0.05) is 11.1 Å². The van der Waals surface area contributed by atoms with Crippen LogP contribution in [-0.4, -0.2) is 9.97 Å². The number of hydrogen-bond acceptors (Lipinski definition) is 3. The zero-order chi connectivity index (χ0) is 11.0. The summed E-state index contributed by atoms with van der Waals surface area (Å²) in [6.07, 6.45) is 3.29. The lowest BCUT2D eigenvalue weighted by molar-refractivity contribution is 0.902. The molecular formula is C13H9N3. The lowest BCUT2D eigenvalue weighted by Gasteiger charge is -2.18. The molecule has 0 radical (unpaired) electrons. The standard InChI is InChI=1S/C13H9N3/c14-7-12-11-6-5-9-3-1-2-4-10(9)13(11)16-8-15-12/h1-4,8H,5-6H2. The number of benzene rings is 1. The molecule has 1 aromatic carbocycles. The van der Waals surface area contributed by atoms with E-state index in [-0.39, 0.29) is 0 Å². The van der Waals surface area contributed by atoms with Crippen molar-refractivity contribution in [1.29, 1.82) is 5.26 Å². The molecule has 0 fully saturated rings. The number of nitrogens with zero attached hydrogens (tertiary/aromatic N) is 3. The van der Waals surface area contributed by atoms with Gasteiger partial charge in [-0.3, -0.25) is 0 Å². The van der Waals surface area contributed by atoms with Crippen LogP contribution >= 0.6 is 0 Å². The highest BCUT2D eigenvalue weighted by atomic mass is 14.8. The largest absolute Gasteiger partial charge is 0.236 e. The summed E-state index contributed by atoms with van der Waals surface area (Å²) in [6.45, 7) is 0. The predicted molar refractivity (Wildman–Crippen MR) is 59.6 cm³/mol. The van der Waals surface area contributed by atoms with Crippen molar-refractivity contribution in [2.24, 2.45) is 0 Å². The van der Waals surface area contributed by atoms with Gasteiger partial charge in [0.2, 0.25) is 0 Å². The van der Waals surface area contributed by atoms with Gasteiger partial charge in [-0.1, -0.05) is 24.3 Å². The summed E-state index contributed by atoms with van der Waals surface area (Å²) in [6, 6.07) is 10.3. The summed E-state index contributed by atoms with van der Waals surface area (Å²) >= 11 is 0. The van der Waals surface area contributed by atoms with Gasteiger partial charge in [-0.2, -0.15) is 5.26 Å². The minimum absolute atomic E-state index is 0.513. The molecule has 76 valence electrons. The van der Waals surface area contributed by atoms with Crippen molar-refractivity contribution in [1.82, 2.24) is 9.97 Å². The van der Waals surface area contributed by atoms with Crippen LogP contribution in [0.4, 0.5) is 0 Å². The minimum atomic E-state index is 0.513. The van der Waals surface area contributed by atoms with E-state index in [2.05, 4.69) is 28.2 Å². The molecule has 0 aliphatic heterocycles. The zero-order valence-corrected chi connectivity index (χ0v) is 8.64. The second-order valence-corrected chi connectivity index (χ2v) is 3.82. The summed E-state index contributed by atoms with van der Waals surface area (Å²) in [4.78, 5) is 8.32. The maximum atomic E-state index is 9.00. The summed E-state index contributed by atoms with van der Waals surface area (Å²) in [5.74, 6) is 0. The molecule has 2 aromatic rings. The summed E-state index contributed by atoms with van der Waals surface area (Å²) in [5.41, 5.74) is 4.87. The topological polar surface area (TPSA) is 49.6 Å². The van der Waals surface area contributed by atoms with E-state index in [9.17, 15) is 0 Å². The predicted octanol–water partition coefficient (Wildman–Crippen LogP) is 2.11. The van der Waals surface area contributed by atoms with Crippen molar-refractivity contribution < 1.29 is 0 Å². The Hall–Kier alpha value is -2.21. The molecule has 3 rings (SSSR count). The van der Waals surface area contributed by atoms with Crippen LogP contribution in [0.3, 0.4) is 0 Å². The molecule has 0 saturated heterocycles. The fraction of sp³-hybridized carbons (Fsp3) is 0.154. The van der Waals surface area contributed by atoms with Crippen molar-refractivity contribution in [3.05, 3.63) is 47.4 Å². The third-order valence-electron chi connectivity index (χ3n) is 2.97. The van der Waals surface area contributed by atoms with Crippen molar-refractivity contribution in [2.75, 3.05) is 0 Å². The second-order valence-electron chi connectivity index (χ2n) is 3.82. The average molecular weight is 207 g/mol. The van der Waals surface area contributed by atoms with E-state index in [1.165, 1.54) is 11.9 Å². The first kappa shape index (κ1) is 9.05. The number of nitriles is 1. The highest BCUT2D eigenvalue weighted by molar-refractivity contribution is 5.70. The summed E-state index contributed by atoms with van der Waals surface area (Å²) in [7, 11) is 0. The highest BCUT2D eigenvalue weighted by Gasteiger charge is 2.19.